The highest BCUT2D eigenvalue weighted by Gasteiger charge is 2.19. The lowest BCUT2D eigenvalue weighted by Crippen LogP contribution is -2.05. The van der Waals surface area contributed by atoms with Gasteiger partial charge in [0, 0.05) is 10.6 Å². The lowest BCUT2D eigenvalue weighted by atomic mass is 10.1. The Labute approximate surface area is 113 Å². The van der Waals surface area contributed by atoms with Crippen LogP contribution in [-0.2, 0) is 9.53 Å². The van der Waals surface area contributed by atoms with Crippen molar-refractivity contribution in [2.75, 3.05) is 7.11 Å². The third-order valence-electron chi connectivity index (χ3n) is 1.78. The van der Waals surface area contributed by atoms with Gasteiger partial charge in [-0.1, -0.05) is 52.5 Å². The molecule has 2 nitrogen and oxygen atoms in total. The summed E-state index contributed by atoms with van der Waals surface area (Å²) in [5.74, 6) is -0.663. The first-order valence-electron chi connectivity index (χ1n) is 4.06. The van der Waals surface area contributed by atoms with E-state index in [2.05, 4.69) is 4.74 Å². The zero-order chi connectivity index (χ0) is 12.3. The van der Waals surface area contributed by atoms with E-state index in [-0.39, 0.29) is 15.1 Å². The van der Waals surface area contributed by atoms with Crippen molar-refractivity contribution in [3.05, 3.63) is 38.3 Å². The molecule has 0 N–H and O–H groups in total. The molecule has 1 rings (SSSR count). The highest BCUT2D eigenvalue weighted by atomic mass is 35.5. The van der Waals surface area contributed by atoms with Crippen molar-refractivity contribution < 1.29 is 9.53 Å². The average molecular weight is 300 g/mol. The molecule has 0 aliphatic heterocycles. The number of halogens is 4. The number of rotatable bonds is 2. The summed E-state index contributed by atoms with van der Waals surface area (Å²) in [5.41, 5.74) is 0.380. The summed E-state index contributed by atoms with van der Waals surface area (Å²) in [4.78, 5) is 11.5. The van der Waals surface area contributed by atoms with Crippen molar-refractivity contribution in [2.24, 2.45) is 0 Å². The first-order chi connectivity index (χ1) is 7.47. The molecule has 0 atom stereocenters. The van der Waals surface area contributed by atoms with Crippen LogP contribution in [0.1, 0.15) is 5.56 Å². The zero-order valence-corrected chi connectivity index (χ0v) is 11.1. The lowest BCUT2D eigenvalue weighted by Gasteiger charge is -2.08. The molecule has 0 fully saturated rings. The molecule has 1 aromatic carbocycles. The topological polar surface area (TPSA) is 26.3 Å². The Balaban J connectivity index is 3.34. The van der Waals surface area contributed by atoms with Crippen molar-refractivity contribution in [1.29, 1.82) is 0 Å². The van der Waals surface area contributed by atoms with Crippen molar-refractivity contribution in [3.63, 3.8) is 0 Å². The summed E-state index contributed by atoms with van der Waals surface area (Å²) >= 11 is 22.9. The Kier molecular flexibility index (Phi) is 4.93. The van der Waals surface area contributed by atoms with Gasteiger partial charge in [0.2, 0.25) is 0 Å². The number of hydrogen-bond donors (Lipinski definition) is 0. The fraction of sp³-hybridized carbons (Fsp3) is 0.100. The van der Waals surface area contributed by atoms with Gasteiger partial charge in [-0.3, -0.25) is 0 Å². The summed E-state index contributed by atoms with van der Waals surface area (Å²) in [7, 11) is 1.23. The Morgan fingerprint density at radius 1 is 1.25 bits per heavy atom. The first-order valence-corrected chi connectivity index (χ1v) is 5.57. The Morgan fingerprint density at radius 3 is 2.31 bits per heavy atom. The van der Waals surface area contributed by atoms with E-state index in [1.165, 1.54) is 13.2 Å². The minimum atomic E-state index is -0.663. The van der Waals surface area contributed by atoms with E-state index < -0.39 is 5.97 Å². The molecule has 86 valence electrons. The predicted molar refractivity (Wildman–Crippen MR) is 67.1 cm³/mol. The van der Waals surface area contributed by atoms with Crippen molar-refractivity contribution in [1.82, 2.24) is 0 Å². The van der Waals surface area contributed by atoms with Crippen LogP contribution in [0.25, 0.3) is 5.57 Å². The second-order valence-corrected chi connectivity index (χ2v) is 4.54. The van der Waals surface area contributed by atoms with Crippen LogP contribution in [0.4, 0.5) is 0 Å². The molecule has 0 radical (unpaired) electrons. The molecule has 1 aromatic rings. The van der Waals surface area contributed by atoms with Crippen LogP contribution in [0.5, 0.6) is 0 Å². The number of carbonyl (C=O) groups is 1. The van der Waals surface area contributed by atoms with Gasteiger partial charge in [0.1, 0.15) is 4.49 Å². The van der Waals surface area contributed by atoms with Crippen LogP contribution in [0.2, 0.25) is 10.0 Å². The van der Waals surface area contributed by atoms with E-state index in [4.69, 9.17) is 46.4 Å². The van der Waals surface area contributed by atoms with Crippen LogP contribution in [-0.4, -0.2) is 13.1 Å². The maximum Gasteiger partial charge on any atom is 0.340 e. The van der Waals surface area contributed by atoms with E-state index in [1.54, 1.807) is 12.1 Å². The van der Waals surface area contributed by atoms with Crippen molar-refractivity contribution >= 4 is 57.9 Å². The second-order valence-electron chi connectivity index (χ2n) is 2.75. The van der Waals surface area contributed by atoms with Gasteiger partial charge in [-0.15, -0.1) is 0 Å². The largest absolute Gasteiger partial charge is 0.465 e. The SMILES string of the molecule is COC(=O)C(=C(Cl)Cl)c1ccc(Cl)cc1Cl. The molecule has 0 heterocycles. The van der Waals surface area contributed by atoms with E-state index in [0.717, 1.165) is 0 Å². The molecule has 0 saturated carbocycles. The van der Waals surface area contributed by atoms with Gasteiger partial charge in [0.25, 0.3) is 0 Å². The molecule has 0 spiro atoms. The van der Waals surface area contributed by atoms with Gasteiger partial charge in [-0.2, -0.15) is 0 Å². The van der Waals surface area contributed by atoms with Crippen LogP contribution in [0, 0.1) is 0 Å². The number of hydrogen-bond acceptors (Lipinski definition) is 2. The molecule has 0 amide bonds. The maximum absolute atomic E-state index is 11.5. The van der Waals surface area contributed by atoms with Gasteiger partial charge < -0.3 is 4.74 Å². The van der Waals surface area contributed by atoms with Crippen molar-refractivity contribution in [2.45, 2.75) is 0 Å². The van der Waals surface area contributed by atoms with Crippen LogP contribution in [0.3, 0.4) is 0 Å². The van der Waals surface area contributed by atoms with Crippen LogP contribution < -0.4 is 0 Å². The molecule has 0 unspecified atom stereocenters. The lowest BCUT2D eigenvalue weighted by molar-refractivity contribution is -0.133. The highest BCUT2D eigenvalue weighted by molar-refractivity contribution is 6.61. The van der Waals surface area contributed by atoms with Crippen molar-refractivity contribution in [3.8, 4) is 0 Å². The van der Waals surface area contributed by atoms with Gasteiger partial charge in [-0.05, 0) is 12.1 Å². The molecule has 0 bridgehead atoms. The Bertz CT molecular complexity index is 450. The van der Waals surface area contributed by atoms with Crippen LogP contribution >= 0.6 is 46.4 Å². The Hall–Kier alpha value is -0.410. The summed E-state index contributed by atoms with van der Waals surface area (Å²) < 4.78 is 4.34. The second kappa shape index (κ2) is 5.78. The molecule has 0 aliphatic rings. The first kappa shape index (κ1) is 13.7. The van der Waals surface area contributed by atoms with Gasteiger partial charge in [0.15, 0.2) is 0 Å². The summed E-state index contributed by atoms with van der Waals surface area (Å²) in [6.07, 6.45) is 0. The molecule has 0 aliphatic carbocycles. The van der Waals surface area contributed by atoms with E-state index in [1.807, 2.05) is 0 Å². The molecular formula is C10H6Cl4O2. The normalized spacial score (nSPS) is 9.81. The summed E-state index contributed by atoms with van der Waals surface area (Å²) in [6, 6.07) is 4.60. The third kappa shape index (κ3) is 3.05. The summed E-state index contributed by atoms with van der Waals surface area (Å²) in [6.45, 7) is 0. The minimum Gasteiger partial charge on any atom is -0.465 e. The van der Waals surface area contributed by atoms with Crippen LogP contribution in [0.15, 0.2) is 22.7 Å². The zero-order valence-electron chi connectivity index (χ0n) is 8.06. The van der Waals surface area contributed by atoms with E-state index in [9.17, 15) is 4.79 Å². The number of esters is 1. The van der Waals surface area contributed by atoms with Gasteiger partial charge in [-0.25, -0.2) is 4.79 Å². The molecule has 6 heteroatoms. The number of benzene rings is 1. The molecular weight excluding hydrogens is 294 g/mol. The van der Waals surface area contributed by atoms with E-state index >= 15 is 0 Å². The smallest absolute Gasteiger partial charge is 0.340 e. The Morgan fingerprint density at radius 2 is 1.88 bits per heavy atom. The average Bonchev–Trinajstić information content (AvgIpc) is 2.21. The fourth-order valence-electron chi connectivity index (χ4n) is 1.08. The minimum absolute atomic E-state index is 0.00694. The molecule has 0 saturated heterocycles. The molecule has 16 heavy (non-hydrogen) atoms. The van der Waals surface area contributed by atoms with Gasteiger partial charge in [0.05, 0.1) is 17.7 Å². The quantitative estimate of drug-likeness (QED) is 0.601. The monoisotopic (exact) mass is 298 g/mol. The third-order valence-corrected chi connectivity index (χ3v) is 2.70. The molecule has 0 aromatic heterocycles. The number of methoxy groups -OCH3 is 1. The maximum atomic E-state index is 11.5. The summed E-state index contributed by atoms with van der Waals surface area (Å²) in [5, 5.41) is 0.718. The van der Waals surface area contributed by atoms with E-state index in [0.29, 0.717) is 10.6 Å². The van der Waals surface area contributed by atoms with Gasteiger partial charge >= 0.3 is 5.97 Å². The number of carbonyl (C=O) groups excluding carboxylic acids is 1. The number of ether oxygens (including phenoxy) is 1. The highest BCUT2D eigenvalue weighted by Crippen LogP contribution is 2.32. The predicted octanol–water partition coefficient (Wildman–Crippen LogP) is 4.31. The standard InChI is InChI=1S/C10H6Cl4O2/c1-16-10(15)8(9(13)14)6-3-2-5(11)4-7(6)12/h2-4H,1H3. The fourth-order valence-corrected chi connectivity index (χ4v) is 1.94.